The highest BCUT2D eigenvalue weighted by Crippen LogP contribution is 2.25. The van der Waals surface area contributed by atoms with E-state index in [9.17, 15) is 4.79 Å². The van der Waals surface area contributed by atoms with Gasteiger partial charge in [0.2, 0.25) is 0 Å². The molecule has 3 rings (SSSR count). The van der Waals surface area contributed by atoms with Crippen LogP contribution in [-0.2, 0) is 0 Å². The van der Waals surface area contributed by atoms with Crippen LogP contribution in [0.25, 0.3) is 0 Å². The van der Waals surface area contributed by atoms with E-state index in [0.29, 0.717) is 9.90 Å². The fourth-order valence-electron chi connectivity index (χ4n) is 1.95. The van der Waals surface area contributed by atoms with E-state index in [0.717, 1.165) is 23.2 Å². The number of benzene rings is 1. The van der Waals surface area contributed by atoms with E-state index in [1.165, 1.54) is 11.3 Å². The van der Waals surface area contributed by atoms with Crippen LogP contribution in [0.5, 0.6) is 0 Å². The van der Waals surface area contributed by atoms with Crippen molar-refractivity contribution < 1.29 is 4.79 Å². The lowest BCUT2D eigenvalue weighted by atomic mass is 10.3. The van der Waals surface area contributed by atoms with Gasteiger partial charge in [0, 0.05) is 18.0 Å². The summed E-state index contributed by atoms with van der Waals surface area (Å²) in [7, 11) is 0. The zero-order valence-electron chi connectivity index (χ0n) is 11.0. The van der Waals surface area contributed by atoms with Crippen molar-refractivity contribution in [2.45, 2.75) is 0 Å². The highest BCUT2D eigenvalue weighted by Gasteiger charge is 2.21. The van der Waals surface area contributed by atoms with E-state index in [-0.39, 0.29) is 5.91 Å². The number of anilines is 1. The highest BCUT2D eigenvalue weighted by molar-refractivity contribution is 8.14. The molecule has 108 valence electrons. The Morgan fingerprint density at radius 3 is 2.81 bits per heavy atom. The van der Waals surface area contributed by atoms with Crippen LogP contribution in [0.4, 0.5) is 5.69 Å². The monoisotopic (exact) mass is 337 g/mol. The molecule has 2 aromatic rings. The van der Waals surface area contributed by atoms with Gasteiger partial charge in [-0.2, -0.15) is 0 Å². The number of amidine groups is 1. The van der Waals surface area contributed by atoms with E-state index < -0.39 is 0 Å². The number of rotatable bonds is 3. The zero-order valence-corrected chi connectivity index (χ0v) is 13.3. The van der Waals surface area contributed by atoms with Gasteiger partial charge in [0.25, 0.3) is 5.91 Å². The van der Waals surface area contributed by atoms with Crippen LogP contribution in [0.1, 0.15) is 9.67 Å². The summed E-state index contributed by atoms with van der Waals surface area (Å²) in [5.41, 5.74) is 3.65. The van der Waals surface area contributed by atoms with Crippen molar-refractivity contribution in [2.24, 2.45) is 5.10 Å². The Hall–Kier alpha value is -1.50. The number of thiophene rings is 1. The standard InChI is InChI=1S/C14H12ClN3OS2/c15-11-6-8-20-12(11)13(19)16-17-14-18(7-9-21-14)10-4-2-1-3-5-10/h1-6,8H,7,9H2,(H,16,19)/b17-14-. The average molecular weight is 338 g/mol. The average Bonchev–Trinajstić information content (AvgIpc) is 3.14. The smallest absolute Gasteiger partial charge is 0.283 e. The Bertz CT molecular complexity index is 672. The van der Waals surface area contributed by atoms with Gasteiger partial charge in [0.05, 0.1) is 5.02 Å². The van der Waals surface area contributed by atoms with Gasteiger partial charge < -0.3 is 4.90 Å². The van der Waals surface area contributed by atoms with Crippen LogP contribution in [0.3, 0.4) is 0 Å². The van der Waals surface area contributed by atoms with Crippen molar-refractivity contribution in [3.63, 3.8) is 0 Å². The number of hydrazone groups is 1. The minimum atomic E-state index is -0.275. The lowest BCUT2D eigenvalue weighted by molar-refractivity contribution is 0.0959. The van der Waals surface area contributed by atoms with Crippen LogP contribution < -0.4 is 10.3 Å². The van der Waals surface area contributed by atoms with Crippen molar-refractivity contribution in [3.05, 3.63) is 51.7 Å². The summed E-state index contributed by atoms with van der Waals surface area (Å²) in [6.45, 7) is 0.878. The number of amides is 1. The van der Waals surface area contributed by atoms with Crippen LogP contribution in [0.15, 0.2) is 46.9 Å². The quantitative estimate of drug-likeness (QED) is 0.869. The Morgan fingerprint density at radius 2 is 2.10 bits per heavy atom. The normalized spacial score (nSPS) is 16.4. The largest absolute Gasteiger partial charge is 0.319 e. The van der Waals surface area contributed by atoms with E-state index in [1.54, 1.807) is 23.2 Å². The third kappa shape index (κ3) is 3.23. The molecule has 21 heavy (non-hydrogen) atoms. The van der Waals surface area contributed by atoms with Crippen LogP contribution in [0.2, 0.25) is 5.02 Å². The molecular formula is C14H12ClN3OS2. The third-order valence-electron chi connectivity index (χ3n) is 2.92. The second-order valence-electron chi connectivity index (χ2n) is 4.27. The van der Waals surface area contributed by atoms with Gasteiger partial charge in [-0.05, 0) is 23.6 Å². The molecule has 1 aliphatic heterocycles. The van der Waals surface area contributed by atoms with E-state index in [4.69, 9.17) is 11.6 Å². The maximum atomic E-state index is 12.0. The first-order chi connectivity index (χ1) is 10.3. The topological polar surface area (TPSA) is 44.7 Å². The Labute approximate surface area is 135 Å². The van der Waals surface area contributed by atoms with Crippen molar-refractivity contribution in [3.8, 4) is 0 Å². The molecule has 1 N–H and O–H groups in total. The fraction of sp³-hybridized carbons (Fsp3) is 0.143. The Morgan fingerprint density at radius 1 is 1.29 bits per heavy atom. The molecule has 1 amide bonds. The Kier molecular flexibility index (Phi) is 4.48. The van der Waals surface area contributed by atoms with Gasteiger partial charge in [-0.15, -0.1) is 16.4 Å². The van der Waals surface area contributed by atoms with Crippen molar-refractivity contribution in [1.82, 2.24) is 5.43 Å². The summed E-state index contributed by atoms with van der Waals surface area (Å²) >= 11 is 8.86. The molecular weight excluding hydrogens is 326 g/mol. The number of nitrogens with zero attached hydrogens (tertiary/aromatic N) is 2. The Balaban J connectivity index is 1.74. The molecule has 1 aliphatic rings. The molecule has 0 unspecified atom stereocenters. The maximum Gasteiger partial charge on any atom is 0.283 e. The molecule has 0 atom stereocenters. The highest BCUT2D eigenvalue weighted by atomic mass is 35.5. The molecule has 0 bridgehead atoms. The second-order valence-corrected chi connectivity index (χ2v) is 6.65. The minimum absolute atomic E-state index is 0.275. The molecule has 1 saturated heterocycles. The molecule has 0 radical (unpaired) electrons. The van der Waals surface area contributed by atoms with E-state index in [1.807, 2.05) is 30.3 Å². The zero-order chi connectivity index (χ0) is 14.7. The summed E-state index contributed by atoms with van der Waals surface area (Å²) < 4.78 is 0. The molecule has 7 heteroatoms. The number of hydrogen-bond acceptors (Lipinski definition) is 4. The summed E-state index contributed by atoms with van der Waals surface area (Å²) in [6, 6.07) is 11.7. The number of hydrogen-bond donors (Lipinski definition) is 1. The number of carbonyl (C=O) groups is 1. The molecule has 4 nitrogen and oxygen atoms in total. The van der Waals surface area contributed by atoms with Gasteiger partial charge in [-0.3, -0.25) is 4.79 Å². The summed E-state index contributed by atoms with van der Waals surface area (Å²) in [5, 5.41) is 7.26. The predicted molar refractivity (Wildman–Crippen MR) is 90.5 cm³/mol. The third-order valence-corrected chi connectivity index (χ3v) is 5.22. The first-order valence-corrected chi connectivity index (χ1v) is 8.56. The first-order valence-electron chi connectivity index (χ1n) is 6.32. The van der Waals surface area contributed by atoms with Gasteiger partial charge >= 0.3 is 0 Å². The lowest BCUT2D eigenvalue weighted by Gasteiger charge is -2.17. The summed E-state index contributed by atoms with van der Waals surface area (Å²) in [6.07, 6.45) is 0. The number of nitrogens with one attached hydrogen (secondary N) is 1. The summed E-state index contributed by atoms with van der Waals surface area (Å²) in [5.74, 6) is 0.673. The lowest BCUT2D eigenvalue weighted by Crippen LogP contribution is -2.27. The number of carbonyl (C=O) groups excluding carboxylic acids is 1. The molecule has 1 fully saturated rings. The van der Waals surface area contributed by atoms with Crippen LogP contribution in [0, 0.1) is 0 Å². The van der Waals surface area contributed by atoms with Crippen LogP contribution in [-0.4, -0.2) is 23.4 Å². The molecule has 1 aromatic carbocycles. The summed E-state index contributed by atoms with van der Waals surface area (Å²) in [4.78, 5) is 14.6. The van der Waals surface area contributed by atoms with Crippen molar-refractivity contribution >= 4 is 51.5 Å². The fourth-order valence-corrected chi connectivity index (χ4v) is 3.90. The number of halogens is 1. The van der Waals surface area contributed by atoms with Crippen molar-refractivity contribution in [2.75, 3.05) is 17.2 Å². The minimum Gasteiger partial charge on any atom is -0.319 e. The van der Waals surface area contributed by atoms with Gasteiger partial charge in [0.1, 0.15) is 4.88 Å². The molecule has 0 saturated carbocycles. The molecule has 1 aromatic heterocycles. The van der Waals surface area contributed by atoms with Gasteiger partial charge in [-0.25, -0.2) is 5.43 Å². The second kappa shape index (κ2) is 6.51. The van der Waals surface area contributed by atoms with Crippen molar-refractivity contribution in [1.29, 1.82) is 0 Å². The number of para-hydroxylation sites is 1. The maximum absolute atomic E-state index is 12.0. The van der Waals surface area contributed by atoms with Gasteiger partial charge in [-0.1, -0.05) is 41.6 Å². The van der Waals surface area contributed by atoms with Crippen LogP contribution >= 0.6 is 34.7 Å². The molecule has 2 heterocycles. The van der Waals surface area contributed by atoms with E-state index >= 15 is 0 Å². The predicted octanol–water partition coefficient (Wildman–Crippen LogP) is 3.66. The first kappa shape index (κ1) is 14.4. The molecule has 0 aliphatic carbocycles. The SMILES string of the molecule is O=C(N/N=C1\SCCN1c1ccccc1)c1sccc1Cl. The molecule has 0 spiro atoms. The number of thioether (sulfide) groups is 1. The van der Waals surface area contributed by atoms with E-state index in [2.05, 4.69) is 15.4 Å². The van der Waals surface area contributed by atoms with Gasteiger partial charge in [0.15, 0.2) is 5.17 Å².